The van der Waals surface area contributed by atoms with E-state index in [0.29, 0.717) is 0 Å². The van der Waals surface area contributed by atoms with Crippen molar-refractivity contribution in [1.29, 1.82) is 0 Å². The highest BCUT2D eigenvalue weighted by Gasteiger charge is 2.22. The first-order valence-corrected chi connectivity index (χ1v) is 8.95. The smallest absolute Gasteiger partial charge is 0.00683 e. The zero-order valence-electron chi connectivity index (χ0n) is 13.7. The first kappa shape index (κ1) is 17.0. The van der Waals surface area contributed by atoms with Gasteiger partial charge in [0.25, 0.3) is 0 Å². The summed E-state index contributed by atoms with van der Waals surface area (Å²) < 4.78 is 0. The summed E-state index contributed by atoms with van der Waals surface area (Å²) in [5.41, 5.74) is 0. The van der Waals surface area contributed by atoms with Gasteiger partial charge in [0.1, 0.15) is 0 Å². The van der Waals surface area contributed by atoms with E-state index in [1.165, 1.54) is 77.2 Å². The Morgan fingerprint density at radius 1 is 0.947 bits per heavy atom. The van der Waals surface area contributed by atoms with E-state index in [9.17, 15) is 0 Å². The van der Waals surface area contributed by atoms with Crippen LogP contribution in [0.15, 0.2) is 0 Å². The van der Waals surface area contributed by atoms with E-state index in [1.807, 2.05) is 0 Å². The molecular weight excluding hydrogens is 230 g/mol. The minimum Gasteiger partial charge on any atom is -0.314 e. The molecule has 1 rings (SSSR count). The predicted molar refractivity (Wildman–Crippen MR) is 86.6 cm³/mol. The minimum atomic E-state index is 0.857. The Morgan fingerprint density at radius 3 is 2.16 bits per heavy atom. The Balaban J connectivity index is 1.99. The molecule has 0 amide bonds. The number of rotatable bonds is 13. The lowest BCUT2D eigenvalue weighted by atomic mass is 9.91. The molecule has 1 N–H and O–H groups in total. The van der Waals surface area contributed by atoms with Gasteiger partial charge in [-0.3, -0.25) is 0 Å². The molecule has 0 saturated heterocycles. The van der Waals surface area contributed by atoms with E-state index < -0.39 is 0 Å². The summed E-state index contributed by atoms with van der Waals surface area (Å²) in [6, 6.07) is 0.878. The van der Waals surface area contributed by atoms with E-state index >= 15 is 0 Å². The molecule has 1 atom stereocenters. The molecule has 0 bridgehead atoms. The number of hydrogen-bond acceptors (Lipinski definition) is 1. The number of unbranched alkanes of at least 4 members (excludes halogenated alkanes) is 6. The highest BCUT2D eigenvalue weighted by Crippen LogP contribution is 2.23. The van der Waals surface area contributed by atoms with Crippen LogP contribution in [-0.2, 0) is 0 Å². The summed E-state index contributed by atoms with van der Waals surface area (Å²) in [7, 11) is 0. The Labute approximate surface area is 121 Å². The zero-order chi connectivity index (χ0) is 13.9. The summed E-state index contributed by atoms with van der Waals surface area (Å²) in [6.45, 7) is 8.31. The van der Waals surface area contributed by atoms with Gasteiger partial charge in [0.05, 0.1) is 0 Å². The molecule has 19 heavy (non-hydrogen) atoms. The quantitative estimate of drug-likeness (QED) is 0.432. The van der Waals surface area contributed by atoms with Crippen LogP contribution in [0.2, 0.25) is 0 Å². The summed E-state index contributed by atoms with van der Waals surface area (Å²) in [5, 5.41) is 3.73. The molecule has 1 saturated carbocycles. The van der Waals surface area contributed by atoms with Gasteiger partial charge in [-0.2, -0.15) is 0 Å². The van der Waals surface area contributed by atoms with Gasteiger partial charge in [-0.1, -0.05) is 65.7 Å². The van der Waals surface area contributed by atoms with E-state index in [-0.39, 0.29) is 0 Å². The summed E-state index contributed by atoms with van der Waals surface area (Å²) in [6.07, 6.45) is 15.8. The van der Waals surface area contributed by atoms with E-state index in [2.05, 4.69) is 26.1 Å². The van der Waals surface area contributed by atoms with Crippen LogP contribution < -0.4 is 5.32 Å². The highest BCUT2D eigenvalue weighted by molar-refractivity contribution is 4.82. The van der Waals surface area contributed by atoms with Gasteiger partial charge in [-0.25, -0.2) is 0 Å². The molecule has 1 unspecified atom stereocenters. The molecule has 1 aliphatic carbocycles. The summed E-state index contributed by atoms with van der Waals surface area (Å²) in [4.78, 5) is 0. The SMILES string of the molecule is CCCCCCCCCC(CNC1CC1)CC(C)C. The van der Waals surface area contributed by atoms with E-state index in [1.54, 1.807) is 0 Å². The maximum absolute atomic E-state index is 3.73. The molecular formula is C18H37N. The van der Waals surface area contributed by atoms with Gasteiger partial charge < -0.3 is 5.32 Å². The summed E-state index contributed by atoms with van der Waals surface area (Å²) in [5.74, 6) is 1.78. The van der Waals surface area contributed by atoms with Gasteiger partial charge in [0.2, 0.25) is 0 Å². The van der Waals surface area contributed by atoms with Crippen LogP contribution in [0, 0.1) is 11.8 Å². The molecule has 0 aromatic carbocycles. The van der Waals surface area contributed by atoms with Gasteiger partial charge in [0.15, 0.2) is 0 Å². The maximum Gasteiger partial charge on any atom is 0.00683 e. The zero-order valence-corrected chi connectivity index (χ0v) is 13.7. The molecule has 1 heteroatoms. The Bertz CT molecular complexity index is 196. The third-order valence-electron chi connectivity index (χ3n) is 4.29. The van der Waals surface area contributed by atoms with Crippen LogP contribution in [0.1, 0.15) is 91.4 Å². The van der Waals surface area contributed by atoms with E-state index in [4.69, 9.17) is 0 Å². The summed E-state index contributed by atoms with van der Waals surface area (Å²) >= 11 is 0. The second-order valence-corrected chi connectivity index (χ2v) is 7.09. The second kappa shape index (κ2) is 10.7. The average Bonchev–Trinajstić information content (AvgIpc) is 3.18. The molecule has 1 nitrogen and oxygen atoms in total. The van der Waals surface area contributed by atoms with E-state index in [0.717, 1.165) is 17.9 Å². The highest BCUT2D eigenvalue weighted by atomic mass is 14.9. The van der Waals surface area contributed by atoms with Gasteiger partial charge in [-0.15, -0.1) is 0 Å². The Morgan fingerprint density at radius 2 is 1.58 bits per heavy atom. The van der Waals surface area contributed by atoms with Crippen molar-refractivity contribution in [3.8, 4) is 0 Å². The lowest BCUT2D eigenvalue weighted by Crippen LogP contribution is -2.25. The first-order valence-electron chi connectivity index (χ1n) is 8.95. The standard InChI is InChI=1S/C18H37N/c1-4-5-6-7-8-9-10-11-17(14-16(2)3)15-19-18-12-13-18/h16-19H,4-15H2,1-3H3. The van der Waals surface area contributed by atoms with Crippen LogP contribution in [-0.4, -0.2) is 12.6 Å². The van der Waals surface area contributed by atoms with Crippen molar-refractivity contribution in [3.05, 3.63) is 0 Å². The predicted octanol–water partition coefficient (Wildman–Crippen LogP) is 5.54. The van der Waals surface area contributed by atoms with Crippen molar-refractivity contribution in [2.24, 2.45) is 11.8 Å². The fourth-order valence-electron chi connectivity index (χ4n) is 2.98. The fraction of sp³-hybridized carbons (Fsp3) is 1.00. The van der Waals surface area contributed by atoms with Crippen molar-refractivity contribution < 1.29 is 0 Å². The first-order chi connectivity index (χ1) is 9.22. The maximum atomic E-state index is 3.73. The molecule has 0 radical (unpaired) electrons. The molecule has 114 valence electrons. The number of hydrogen-bond donors (Lipinski definition) is 1. The van der Waals surface area contributed by atoms with Crippen molar-refractivity contribution in [3.63, 3.8) is 0 Å². The molecule has 0 aromatic rings. The van der Waals surface area contributed by atoms with Gasteiger partial charge >= 0.3 is 0 Å². The Hall–Kier alpha value is -0.0400. The van der Waals surface area contributed by atoms with Crippen LogP contribution in [0.25, 0.3) is 0 Å². The molecule has 0 heterocycles. The second-order valence-electron chi connectivity index (χ2n) is 7.09. The molecule has 0 aliphatic heterocycles. The van der Waals surface area contributed by atoms with Gasteiger partial charge in [-0.05, 0) is 44.1 Å². The van der Waals surface area contributed by atoms with Gasteiger partial charge in [0, 0.05) is 6.04 Å². The minimum absolute atomic E-state index is 0.857. The van der Waals surface area contributed by atoms with Crippen LogP contribution >= 0.6 is 0 Å². The third kappa shape index (κ3) is 10.4. The Kier molecular flexibility index (Phi) is 9.59. The molecule has 0 spiro atoms. The lowest BCUT2D eigenvalue weighted by molar-refractivity contribution is 0.352. The van der Waals surface area contributed by atoms with Crippen molar-refractivity contribution >= 4 is 0 Å². The average molecular weight is 268 g/mol. The molecule has 1 fully saturated rings. The van der Waals surface area contributed by atoms with Crippen LogP contribution in [0.4, 0.5) is 0 Å². The van der Waals surface area contributed by atoms with Crippen molar-refractivity contribution in [2.75, 3.05) is 6.54 Å². The normalized spacial score (nSPS) is 17.1. The lowest BCUT2D eigenvalue weighted by Gasteiger charge is -2.19. The monoisotopic (exact) mass is 267 g/mol. The molecule has 1 aliphatic rings. The largest absolute Gasteiger partial charge is 0.314 e. The number of nitrogens with one attached hydrogen (secondary N) is 1. The third-order valence-corrected chi connectivity index (χ3v) is 4.29. The van der Waals surface area contributed by atoms with Crippen molar-refractivity contribution in [1.82, 2.24) is 5.32 Å². The van der Waals surface area contributed by atoms with Crippen LogP contribution in [0.5, 0.6) is 0 Å². The van der Waals surface area contributed by atoms with Crippen LogP contribution in [0.3, 0.4) is 0 Å². The fourth-order valence-corrected chi connectivity index (χ4v) is 2.98. The van der Waals surface area contributed by atoms with Crippen molar-refractivity contribution in [2.45, 2.75) is 97.4 Å². The topological polar surface area (TPSA) is 12.0 Å². The molecule has 0 aromatic heterocycles.